The minimum absolute atomic E-state index is 0.0831. The molecule has 1 unspecified atom stereocenters. The van der Waals surface area contributed by atoms with Crippen molar-refractivity contribution in [1.29, 1.82) is 0 Å². The lowest BCUT2D eigenvalue weighted by atomic mass is 10.0. The van der Waals surface area contributed by atoms with E-state index in [1.807, 2.05) is 41.6 Å². The van der Waals surface area contributed by atoms with E-state index in [0.717, 1.165) is 67.3 Å². The minimum Gasteiger partial charge on any atom is -0.474 e. The van der Waals surface area contributed by atoms with E-state index in [9.17, 15) is 4.79 Å². The van der Waals surface area contributed by atoms with Crippen molar-refractivity contribution in [1.82, 2.24) is 24.8 Å². The maximum Gasteiger partial charge on any atom is 0.253 e. The number of amides is 1. The summed E-state index contributed by atoms with van der Waals surface area (Å²) in [7, 11) is 4.14. The Morgan fingerprint density at radius 1 is 1.16 bits per heavy atom. The second-order valence-electron chi connectivity index (χ2n) is 10.4. The molecule has 10 heteroatoms. The van der Waals surface area contributed by atoms with Crippen LogP contribution in [0.2, 0.25) is 0 Å². The van der Waals surface area contributed by atoms with E-state index in [-0.39, 0.29) is 5.91 Å². The average Bonchev–Trinajstić information content (AvgIpc) is 3.44. The fraction of sp³-hybridized carbons (Fsp3) is 0.429. The summed E-state index contributed by atoms with van der Waals surface area (Å²) in [6.45, 7) is 6.67. The molecular weight excluding hydrogens is 480 g/mol. The number of anilines is 4. The zero-order valence-corrected chi connectivity index (χ0v) is 22.2. The summed E-state index contributed by atoms with van der Waals surface area (Å²) in [5.74, 6) is 1.31. The first kappa shape index (κ1) is 24.4. The lowest BCUT2D eigenvalue weighted by molar-refractivity contribution is 0.0783. The SMILES string of the molecule is Cc1c(N2CCc3cnc(Nc4ccc(C(=O)N5CCC(N(C)C)C5)cc4)nc3C2)cnc2c1NCCO2. The van der Waals surface area contributed by atoms with Crippen LogP contribution in [0.25, 0.3) is 0 Å². The highest BCUT2D eigenvalue weighted by atomic mass is 16.5. The van der Waals surface area contributed by atoms with Gasteiger partial charge in [-0.2, -0.15) is 0 Å². The van der Waals surface area contributed by atoms with Crippen molar-refractivity contribution in [2.75, 3.05) is 62.4 Å². The maximum atomic E-state index is 12.9. The van der Waals surface area contributed by atoms with Crippen LogP contribution in [0.5, 0.6) is 5.88 Å². The standard InChI is InChI=1S/C28H34N8O2/c1-18-24(15-30-26-25(18)29-10-13-38-26)35-11-8-20-14-31-28(33-23(20)17-35)32-21-6-4-19(5-7-21)27(37)36-12-9-22(16-36)34(2)3/h4-7,14-15,22,29H,8-13,16-17H2,1-3H3,(H,31,32,33). The Labute approximate surface area is 223 Å². The number of nitrogens with one attached hydrogen (secondary N) is 2. The first-order valence-electron chi connectivity index (χ1n) is 13.2. The van der Waals surface area contributed by atoms with E-state index in [0.29, 0.717) is 36.6 Å². The lowest BCUT2D eigenvalue weighted by Gasteiger charge is -2.32. The number of carbonyl (C=O) groups excluding carboxylic acids is 1. The summed E-state index contributed by atoms with van der Waals surface area (Å²) in [4.78, 5) is 33.3. The normalized spacial score (nSPS) is 18.5. The van der Waals surface area contributed by atoms with E-state index in [1.165, 1.54) is 5.56 Å². The van der Waals surface area contributed by atoms with Gasteiger partial charge in [0.1, 0.15) is 12.3 Å². The first-order chi connectivity index (χ1) is 18.5. The molecule has 3 aliphatic heterocycles. The molecule has 0 radical (unpaired) electrons. The first-order valence-corrected chi connectivity index (χ1v) is 13.2. The van der Waals surface area contributed by atoms with Gasteiger partial charge >= 0.3 is 0 Å². The van der Waals surface area contributed by atoms with E-state index in [4.69, 9.17) is 9.72 Å². The third kappa shape index (κ3) is 4.71. The largest absolute Gasteiger partial charge is 0.474 e. The number of carbonyl (C=O) groups is 1. The summed E-state index contributed by atoms with van der Waals surface area (Å²) >= 11 is 0. The van der Waals surface area contributed by atoms with Crippen molar-refractivity contribution in [3.63, 3.8) is 0 Å². The summed E-state index contributed by atoms with van der Waals surface area (Å²) in [6, 6.07) is 8.00. The molecule has 1 atom stereocenters. The number of likely N-dealkylation sites (N-methyl/N-ethyl adjacent to an activating group) is 1. The number of hydrogen-bond acceptors (Lipinski definition) is 9. The summed E-state index contributed by atoms with van der Waals surface area (Å²) in [5, 5.41) is 6.73. The van der Waals surface area contributed by atoms with Gasteiger partial charge in [-0.25, -0.2) is 15.0 Å². The molecule has 3 aromatic rings. The van der Waals surface area contributed by atoms with Gasteiger partial charge in [-0.1, -0.05) is 0 Å². The maximum absolute atomic E-state index is 12.9. The summed E-state index contributed by atoms with van der Waals surface area (Å²) < 4.78 is 5.69. The molecule has 198 valence electrons. The number of aromatic nitrogens is 3. The fourth-order valence-corrected chi connectivity index (χ4v) is 5.45. The predicted molar refractivity (Wildman–Crippen MR) is 147 cm³/mol. The minimum atomic E-state index is 0.0831. The molecule has 5 heterocycles. The quantitative estimate of drug-likeness (QED) is 0.532. The number of rotatable bonds is 5. The molecule has 3 aliphatic rings. The predicted octanol–water partition coefficient (Wildman–Crippen LogP) is 3.07. The van der Waals surface area contributed by atoms with Crippen molar-refractivity contribution in [2.24, 2.45) is 0 Å². The van der Waals surface area contributed by atoms with Gasteiger partial charge in [0.2, 0.25) is 11.8 Å². The number of hydrogen-bond donors (Lipinski definition) is 2. The Hall–Kier alpha value is -3.92. The second kappa shape index (κ2) is 10.1. The van der Waals surface area contributed by atoms with Crippen molar-refractivity contribution >= 4 is 28.9 Å². The van der Waals surface area contributed by atoms with Crippen LogP contribution in [-0.2, 0) is 13.0 Å². The van der Waals surface area contributed by atoms with Gasteiger partial charge in [0.15, 0.2) is 0 Å². The van der Waals surface area contributed by atoms with Crippen molar-refractivity contribution in [2.45, 2.75) is 32.4 Å². The van der Waals surface area contributed by atoms with Crippen molar-refractivity contribution in [3.05, 3.63) is 59.0 Å². The fourth-order valence-electron chi connectivity index (χ4n) is 5.45. The molecule has 1 aromatic carbocycles. The van der Waals surface area contributed by atoms with Crippen LogP contribution in [0, 0.1) is 6.92 Å². The van der Waals surface area contributed by atoms with Gasteiger partial charge in [-0.05, 0) is 63.7 Å². The molecule has 1 saturated heterocycles. The van der Waals surface area contributed by atoms with E-state index < -0.39 is 0 Å². The van der Waals surface area contributed by atoms with Gasteiger partial charge in [0.05, 0.1) is 24.1 Å². The number of pyridine rings is 1. The Morgan fingerprint density at radius 3 is 2.79 bits per heavy atom. The molecule has 0 saturated carbocycles. The van der Waals surface area contributed by atoms with Crippen LogP contribution >= 0.6 is 0 Å². The van der Waals surface area contributed by atoms with Gasteiger partial charge in [0.25, 0.3) is 5.91 Å². The Kier molecular flexibility index (Phi) is 6.49. The van der Waals surface area contributed by atoms with Crippen LogP contribution in [0.3, 0.4) is 0 Å². The molecule has 0 bridgehead atoms. The number of ether oxygens (including phenoxy) is 1. The summed E-state index contributed by atoms with van der Waals surface area (Å²) in [5.41, 5.74) is 6.94. The van der Waals surface area contributed by atoms with Crippen LogP contribution in [0.15, 0.2) is 36.7 Å². The third-order valence-electron chi connectivity index (χ3n) is 7.78. The van der Waals surface area contributed by atoms with Gasteiger partial charge in [0, 0.05) is 55.2 Å². The summed E-state index contributed by atoms with van der Waals surface area (Å²) in [6.07, 6.45) is 5.71. The van der Waals surface area contributed by atoms with E-state index in [2.05, 4.69) is 51.4 Å². The van der Waals surface area contributed by atoms with Gasteiger partial charge in [-0.3, -0.25) is 4.79 Å². The van der Waals surface area contributed by atoms with Crippen LogP contribution in [0.1, 0.15) is 33.6 Å². The average molecular weight is 515 g/mol. The molecular formula is C28H34N8O2. The second-order valence-corrected chi connectivity index (χ2v) is 10.4. The van der Waals surface area contributed by atoms with Gasteiger partial charge < -0.3 is 30.1 Å². The van der Waals surface area contributed by atoms with Gasteiger partial charge in [-0.15, -0.1) is 0 Å². The molecule has 10 nitrogen and oxygen atoms in total. The number of likely N-dealkylation sites (tertiary alicyclic amines) is 1. The van der Waals surface area contributed by atoms with E-state index in [1.54, 1.807) is 0 Å². The molecule has 1 amide bonds. The highest BCUT2D eigenvalue weighted by molar-refractivity contribution is 5.94. The number of benzene rings is 1. The third-order valence-corrected chi connectivity index (χ3v) is 7.78. The Morgan fingerprint density at radius 2 is 2.00 bits per heavy atom. The molecule has 38 heavy (non-hydrogen) atoms. The van der Waals surface area contributed by atoms with Crippen molar-refractivity contribution in [3.8, 4) is 5.88 Å². The monoisotopic (exact) mass is 514 g/mol. The van der Waals surface area contributed by atoms with Crippen molar-refractivity contribution < 1.29 is 9.53 Å². The molecule has 2 N–H and O–H groups in total. The molecule has 0 aliphatic carbocycles. The van der Waals surface area contributed by atoms with Crippen LogP contribution < -0.4 is 20.3 Å². The number of nitrogens with zero attached hydrogens (tertiary/aromatic N) is 6. The van der Waals surface area contributed by atoms with E-state index >= 15 is 0 Å². The smallest absolute Gasteiger partial charge is 0.253 e. The Bertz CT molecular complexity index is 1340. The number of fused-ring (bicyclic) bond motifs is 2. The molecule has 2 aromatic heterocycles. The topological polar surface area (TPSA) is 98.8 Å². The van der Waals surface area contributed by atoms with Crippen LogP contribution in [-0.4, -0.2) is 83.6 Å². The highest BCUT2D eigenvalue weighted by Gasteiger charge is 2.28. The highest BCUT2D eigenvalue weighted by Crippen LogP contribution is 2.36. The zero-order chi connectivity index (χ0) is 26.2. The molecule has 0 spiro atoms. The molecule has 1 fully saturated rings. The van der Waals surface area contributed by atoms with Crippen LogP contribution in [0.4, 0.5) is 23.0 Å². The lowest BCUT2D eigenvalue weighted by Crippen LogP contribution is -2.34. The Balaban J connectivity index is 1.13. The zero-order valence-electron chi connectivity index (χ0n) is 22.2. The molecule has 6 rings (SSSR count).